The molecular weight excluding hydrogens is 444 g/mol. The van der Waals surface area contributed by atoms with Gasteiger partial charge < -0.3 is 19.5 Å². The number of aliphatic hydroxyl groups is 1. The van der Waals surface area contributed by atoms with Crippen LogP contribution >= 0.6 is 0 Å². The number of methoxy groups -OCH3 is 2. The lowest BCUT2D eigenvalue weighted by Gasteiger charge is -2.26. The highest BCUT2D eigenvalue weighted by atomic mass is 16.5. The van der Waals surface area contributed by atoms with E-state index in [1.54, 1.807) is 63.0 Å². The zero-order chi connectivity index (χ0) is 25.1. The fraction of sp³-hybridized carbons (Fsp3) is 0.250. The Kier molecular flexibility index (Phi) is 6.87. The molecule has 35 heavy (non-hydrogen) atoms. The van der Waals surface area contributed by atoms with Gasteiger partial charge in [0.15, 0.2) is 0 Å². The molecule has 1 fully saturated rings. The lowest BCUT2D eigenvalue weighted by molar-refractivity contribution is -0.140. The molecule has 0 bridgehead atoms. The van der Waals surface area contributed by atoms with Crippen molar-refractivity contribution in [3.05, 3.63) is 94.8 Å². The summed E-state index contributed by atoms with van der Waals surface area (Å²) in [6.07, 6.45) is 3.22. The van der Waals surface area contributed by atoms with Crippen LogP contribution in [0.15, 0.2) is 72.6 Å². The molecule has 1 atom stereocenters. The number of nitrogens with zero attached hydrogens (tertiary/aromatic N) is 2. The average molecular weight is 473 g/mol. The van der Waals surface area contributed by atoms with Crippen LogP contribution in [0.4, 0.5) is 0 Å². The Morgan fingerprint density at radius 2 is 1.77 bits per heavy atom. The van der Waals surface area contributed by atoms with Crippen molar-refractivity contribution >= 4 is 17.4 Å². The quantitative estimate of drug-likeness (QED) is 0.301. The summed E-state index contributed by atoms with van der Waals surface area (Å²) >= 11 is 0. The summed E-state index contributed by atoms with van der Waals surface area (Å²) in [5, 5.41) is 11.4. The van der Waals surface area contributed by atoms with Gasteiger partial charge in [-0.05, 0) is 47.4 Å². The van der Waals surface area contributed by atoms with Gasteiger partial charge in [-0.3, -0.25) is 14.6 Å². The first-order valence-electron chi connectivity index (χ1n) is 11.4. The molecule has 1 aliphatic rings. The van der Waals surface area contributed by atoms with Crippen LogP contribution in [0.1, 0.15) is 48.1 Å². The smallest absolute Gasteiger partial charge is 0.295 e. The molecule has 180 valence electrons. The monoisotopic (exact) mass is 472 g/mol. The Bertz CT molecular complexity index is 1280. The third-order valence-electron chi connectivity index (χ3n) is 6.20. The van der Waals surface area contributed by atoms with E-state index in [1.807, 2.05) is 32.0 Å². The molecule has 0 radical (unpaired) electrons. The van der Waals surface area contributed by atoms with E-state index in [2.05, 4.69) is 4.98 Å². The van der Waals surface area contributed by atoms with Gasteiger partial charge in [-0.1, -0.05) is 38.1 Å². The largest absolute Gasteiger partial charge is 0.507 e. The standard InChI is InChI=1S/C28H28N2O5/c1-17(2)21-14-18(11-12-23(21)35-4)26(31)24-25(19-9-7-13-29-15-19)30(28(33)27(24)32)16-20-8-5-6-10-22(20)34-3/h5-15,17,25,31H,16H2,1-4H3/b26-24-. The normalized spacial score (nSPS) is 17.2. The number of pyridine rings is 1. The van der Waals surface area contributed by atoms with Gasteiger partial charge in [-0.15, -0.1) is 0 Å². The SMILES string of the molecule is COc1ccccc1CN1C(=O)C(=O)/C(=C(\O)c2ccc(OC)c(C(C)C)c2)C1c1cccnc1. The van der Waals surface area contributed by atoms with E-state index in [4.69, 9.17) is 9.47 Å². The minimum Gasteiger partial charge on any atom is -0.507 e. The summed E-state index contributed by atoms with van der Waals surface area (Å²) in [4.78, 5) is 32.2. The van der Waals surface area contributed by atoms with Crippen molar-refractivity contribution in [1.29, 1.82) is 0 Å². The van der Waals surface area contributed by atoms with Crippen molar-refractivity contribution in [3.8, 4) is 11.5 Å². The first-order chi connectivity index (χ1) is 16.9. The van der Waals surface area contributed by atoms with Crippen LogP contribution in [0.3, 0.4) is 0 Å². The summed E-state index contributed by atoms with van der Waals surface area (Å²) in [7, 11) is 3.15. The number of para-hydroxylation sites is 1. The molecule has 1 aromatic heterocycles. The molecular formula is C28H28N2O5. The Hall–Kier alpha value is -4.13. The van der Waals surface area contributed by atoms with Gasteiger partial charge in [-0.2, -0.15) is 0 Å². The van der Waals surface area contributed by atoms with Crippen molar-refractivity contribution in [2.45, 2.75) is 32.4 Å². The Labute approximate surface area is 204 Å². The molecule has 0 aliphatic carbocycles. The highest BCUT2D eigenvalue weighted by Gasteiger charge is 2.46. The number of ketones is 1. The lowest BCUT2D eigenvalue weighted by Crippen LogP contribution is -2.29. The summed E-state index contributed by atoms with van der Waals surface area (Å²) in [6.45, 7) is 4.16. The predicted molar refractivity (Wildman–Crippen MR) is 132 cm³/mol. The number of aliphatic hydroxyl groups excluding tert-OH is 1. The van der Waals surface area contributed by atoms with E-state index >= 15 is 0 Å². The second-order valence-corrected chi connectivity index (χ2v) is 8.64. The predicted octanol–water partition coefficient (Wildman–Crippen LogP) is 4.84. The van der Waals surface area contributed by atoms with Crippen LogP contribution in [0.25, 0.3) is 5.76 Å². The van der Waals surface area contributed by atoms with Crippen molar-refractivity contribution in [1.82, 2.24) is 9.88 Å². The molecule has 1 aliphatic heterocycles. The van der Waals surface area contributed by atoms with Gasteiger partial charge >= 0.3 is 0 Å². The van der Waals surface area contributed by atoms with E-state index in [0.29, 0.717) is 22.6 Å². The minimum atomic E-state index is -0.807. The van der Waals surface area contributed by atoms with Crippen molar-refractivity contribution in [2.24, 2.45) is 0 Å². The topological polar surface area (TPSA) is 89.0 Å². The maximum Gasteiger partial charge on any atom is 0.295 e. The van der Waals surface area contributed by atoms with Gasteiger partial charge in [0.1, 0.15) is 17.3 Å². The zero-order valence-electron chi connectivity index (χ0n) is 20.2. The van der Waals surface area contributed by atoms with E-state index < -0.39 is 17.7 Å². The number of hydrogen-bond acceptors (Lipinski definition) is 6. The number of aromatic nitrogens is 1. The molecule has 1 amide bonds. The van der Waals surface area contributed by atoms with Gasteiger partial charge in [-0.25, -0.2) is 0 Å². The van der Waals surface area contributed by atoms with Crippen molar-refractivity contribution < 1.29 is 24.2 Å². The highest BCUT2D eigenvalue weighted by molar-refractivity contribution is 6.46. The van der Waals surface area contributed by atoms with Gasteiger partial charge in [0.25, 0.3) is 11.7 Å². The number of amides is 1. The van der Waals surface area contributed by atoms with E-state index in [-0.39, 0.29) is 23.8 Å². The number of carbonyl (C=O) groups is 2. The van der Waals surface area contributed by atoms with E-state index in [9.17, 15) is 14.7 Å². The first-order valence-corrected chi connectivity index (χ1v) is 11.4. The zero-order valence-corrected chi connectivity index (χ0v) is 20.2. The molecule has 0 spiro atoms. The average Bonchev–Trinajstić information content (AvgIpc) is 3.13. The first kappa shape index (κ1) is 24.0. The number of rotatable bonds is 7. The number of likely N-dealkylation sites (tertiary alicyclic amines) is 1. The fourth-order valence-electron chi connectivity index (χ4n) is 4.43. The van der Waals surface area contributed by atoms with Gasteiger partial charge in [0.2, 0.25) is 0 Å². The number of Topliss-reactive ketones (excluding diaryl/α,β-unsaturated/α-hetero) is 1. The molecule has 2 aromatic carbocycles. The second kappa shape index (κ2) is 10.0. The number of hydrogen-bond donors (Lipinski definition) is 1. The van der Waals surface area contributed by atoms with Crippen molar-refractivity contribution in [2.75, 3.05) is 14.2 Å². The van der Waals surface area contributed by atoms with Gasteiger partial charge in [0, 0.05) is 23.5 Å². The molecule has 2 heterocycles. The number of ether oxygens (including phenoxy) is 2. The fourth-order valence-corrected chi connectivity index (χ4v) is 4.43. The maximum atomic E-state index is 13.3. The van der Waals surface area contributed by atoms with Crippen LogP contribution in [0.2, 0.25) is 0 Å². The molecule has 0 saturated carbocycles. The van der Waals surface area contributed by atoms with Crippen molar-refractivity contribution in [3.63, 3.8) is 0 Å². The number of carbonyl (C=O) groups excluding carboxylic acids is 2. The Morgan fingerprint density at radius 1 is 1.03 bits per heavy atom. The van der Waals surface area contributed by atoms with Crippen LogP contribution in [-0.2, 0) is 16.1 Å². The summed E-state index contributed by atoms with van der Waals surface area (Å²) in [5.74, 6) is -0.242. The molecule has 1 N–H and O–H groups in total. The summed E-state index contributed by atoms with van der Waals surface area (Å²) < 4.78 is 10.9. The Balaban J connectivity index is 1.87. The molecule has 4 rings (SSSR count). The third-order valence-corrected chi connectivity index (χ3v) is 6.20. The van der Waals surface area contributed by atoms with Crippen LogP contribution in [0.5, 0.6) is 11.5 Å². The highest BCUT2D eigenvalue weighted by Crippen LogP contribution is 2.41. The lowest BCUT2D eigenvalue weighted by atomic mass is 9.93. The maximum absolute atomic E-state index is 13.3. The van der Waals surface area contributed by atoms with Crippen LogP contribution < -0.4 is 9.47 Å². The minimum absolute atomic E-state index is 0.0257. The third kappa shape index (κ3) is 4.49. The Morgan fingerprint density at radius 3 is 2.43 bits per heavy atom. The molecule has 1 saturated heterocycles. The molecule has 7 heteroatoms. The second-order valence-electron chi connectivity index (χ2n) is 8.64. The van der Waals surface area contributed by atoms with E-state index in [0.717, 1.165) is 11.1 Å². The molecule has 7 nitrogen and oxygen atoms in total. The molecule has 1 unspecified atom stereocenters. The summed E-state index contributed by atoms with van der Waals surface area (Å²) in [5.41, 5.74) is 2.73. The van der Waals surface area contributed by atoms with E-state index in [1.165, 1.54) is 4.90 Å². The molecule has 3 aromatic rings. The summed E-state index contributed by atoms with van der Waals surface area (Å²) in [6, 6.07) is 15.3. The number of benzene rings is 2. The van der Waals surface area contributed by atoms with Crippen LogP contribution in [0, 0.1) is 0 Å². The van der Waals surface area contributed by atoms with Gasteiger partial charge in [0.05, 0.1) is 32.4 Å². The van der Waals surface area contributed by atoms with Crippen LogP contribution in [-0.4, -0.2) is 40.9 Å².